The molecule has 18 heavy (non-hydrogen) atoms. The van der Waals surface area contributed by atoms with Crippen LogP contribution in [0.3, 0.4) is 0 Å². The number of likely N-dealkylation sites (tertiary alicyclic amines) is 1. The van der Waals surface area contributed by atoms with Gasteiger partial charge in [0, 0.05) is 6.54 Å². The van der Waals surface area contributed by atoms with Crippen molar-refractivity contribution in [1.82, 2.24) is 4.90 Å². The van der Waals surface area contributed by atoms with Crippen LogP contribution in [0.15, 0.2) is 0 Å². The molecule has 1 aliphatic heterocycles. The average molecular weight is 253 g/mol. The standard InChI is InChI=1S/C15H27NO2/c17-14-8-12-6-11(7-13(12)9-15(14)18)10-16-4-2-1-3-5-16/h11-15,17-18H,1-10H2/t11?,12-,13+,14-,15-/m1/s1. The summed E-state index contributed by atoms with van der Waals surface area (Å²) in [4.78, 5) is 2.64. The number of aliphatic hydroxyl groups is 2. The maximum atomic E-state index is 9.77. The molecule has 0 radical (unpaired) electrons. The lowest BCUT2D eigenvalue weighted by Gasteiger charge is -2.32. The minimum Gasteiger partial charge on any atom is -0.390 e. The molecule has 0 aromatic carbocycles. The highest BCUT2D eigenvalue weighted by Crippen LogP contribution is 2.45. The molecule has 3 aliphatic rings. The van der Waals surface area contributed by atoms with Gasteiger partial charge in [-0.25, -0.2) is 0 Å². The van der Waals surface area contributed by atoms with Crippen molar-refractivity contribution in [2.45, 2.75) is 57.2 Å². The first-order chi connectivity index (χ1) is 8.72. The predicted octanol–water partition coefficient (Wildman–Crippen LogP) is 1.63. The van der Waals surface area contributed by atoms with Crippen LogP contribution in [0, 0.1) is 17.8 Å². The third-order valence-corrected chi connectivity index (χ3v) is 5.44. The molecule has 1 heterocycles. The van der Waals surface area contributed by atoms with Crippen LogP contribution >= 0.6 is 0 Å². The first kappa shape index (κ1) is 12.9. The summed E-state index contributed by atoms with van der Waals surface area (Å²) in [6, 6.07) is 0. The average Bonchev–Trinajstić information content (AvgIpc) is 2.72. The summed E-state index contributed by atoms with van der Waals surface area (Å²) in [6.07, 6.45) is 7.47. The largest absolute Gasteiger partial charge is 0.390 e. The number of rotatable bonds is 2. The molecule has 3 rings (SSSR count). The third kappa shape index (κ3) is 2.73. The second-order valence-corrected chi connectivity index (χ2v) is 6.82. The van der Waals surface area contributed by atoms with Crippen LogP contribution in [0.25, 0.3) is 0 Å². The maximum absolute atomic E-state index is 9.77. The van der Waals surface area contributed by atoms with E-state index in [9.17, 15) is 10.2 Å². The second-order valence-electron chi connectivity index (χ2n) is 6.82. The van der Waals surface area contributed by atoms with Crippen LogP contribution in [0.2, 0.25) is 0 Å². The summed E-state index contributed by atoms with van der Waals surface area (Å²) in [5.41, 5.74) is 0. The van der Waals surface area contributed by atoms with E-state index in [2.05, 4.69) is 4.90 Å². The molecule has 3 heteroatoms. The van der Waals surface area contributed by atoms with Crippen LogP contribution in [-0.4, -0.2) is 47.0 Å². The van der Waals surface area contributed by atoms with Crippen molar-refractivity contribution >= 4 is 0 Å². The minimum atomic E-state index is -0.458. The highest BCUT2D eigenvalue weighted by atomic mass is 16.3. The van der Waals surface area contributed by atoms with Gasteiger partial charge in [0.15, 0.2) is 0 Å². The van der Waals surface area contributed by atoms with Gasteiger partial charge in [-0.3, -0.25) is 0 Å². The number of aliphatic hydroxyl groups excluding tert-OH is 2. The van der Waals surface area contributed by atoms with Gasteiger partial charge in [0.1, 0.15) is 0 Å². The molecule has 104 valence electrons. The van der Waals surface area contributed by atoms with E-state index in [-0.39, 0.29) is 0 Å². The van der Waals surface area contributed by atoms with E-state index in [1.54, 1.807) is 0 Å². The van der Waals surface area contributed by atoms with Crippen molar-refractivity contribution in [3.63, 3.8) is 0 Å². The zero-order valence-corrected chi connectivity index (χ0v) is 11.3. The molecule has 0 aromatic rings. The molecule has 0 bridgehead atoms. The number of nitrogens with zero attached hydrogens (tertiary/aromatic N) is 1. The highest BCUT2D eigenvalue weighted by Gasteiger charge is 2.41. The maximum Gasteiger partial charge on any atom is 0.0802 e. The normalized spacial score (nSPS) is 46.0. The molecule has 1 saturated heterocycles. The van der Waals surface area contributed by atoms with Gasteiger partial charge in [-0.05, 0) is 69.4 Å². The quantitative estimate of drug-likeness (QED) is 0.786. The van der Waals surface area contributed by atoms with E-state index >= 15 is 0 Å². The van der Waals surface area contributed by atoms with Crippen LogP contribution in [0.1, 0.15) is 44.9 Å². The summed E-state index contributed by atoms with van der Waals surface area (Å²) in [5, 5.41) is 19.5. The zero-order chi connectivity index (χ0) is 12.5. The third-order valence-electron chi connectivity index (χ3n) is 5.44. The Labute approximate surface area is 110 Å². The van der Waals surface area contributed by atoms with Crippen molar-refractivity contribution in [2.24, 2.45) is 17.8 Å². The number of hydrogen-bond acceptors (Lipinski definition) is 3. The molecular weight excluding hydrogens is 226 g/mol. The van der Waals surface area contributed by atoms with E-state index in [0.29, 0.717) is 11.8 Å². The summed E-state index contributed by atoms with van der Waals surface area (Å²) >= 11 is 0. The van der Waals surface area contributed by atoms with Crippen molar-refractivity contribution in [2.75, 3.05) is 19.6 Å². The van der Waals surface area contributed by atoms with Crippen molar-refractivity contribution in [3.05, 3.63) is 0 Å². The molecule has 0 amide bonds. The summed E-state index contributed by atoms with van der Waals surface area (Å²) in [6.45, 7) is 3.84. The smallest absolute Gasteiger partial charge is 0.0802 e. The molecule has 2 N–H and O–H groups in total. The Hall–Kier alpha value is -0.120. The Morgan fingerprint density at radius 1 is 0.778 bits per heavy atom. The van der Waals surface area contributed by atoms with Crippen molar-refractivity contribution < 1.29 is 10.2 Å². The molecule has 0 aromatic heterocycles. The van der Waals surface area contributed by atoms with Gasteiger partial charge in [0.05, 0.1) is 12.2 Å². The fourth-order valence-corrected chi connectivity index (χ4v) is 4.51. The Kier molecular flexibility index (Phi) is 3.92. The first-order valence-corrected chi connectivity index (χ1v) is 7.81. The lowest BCUT2D eigenvalue weighted by molar-refractivity contribution is -0.0408. The topological polar surface area (TPSA) is 43.7 Å². The first-order valence-electron chi connectivity index (χ1n) is 7.81. The second kappa shape index (κ2) is 5.48. The van der Waals surface area contributed by atoms with Gasteiger partial charge >= 0.3 is 0 Å². The number of piperidine rings is 1. The number of fused-ring (bicyclic) bond motifs is 1. The minimum absolute atomic E-state index is 0.458. The molecule has 2 saturated carbocycles. The Bertz CT molecular complexity index is 260. The van der Waals surface area contributed by atoms with E-state index in [0.717, 1.165) is 18.8 Å². The fourth-order valence-electron chi connectivity index (χ4n) is 4.51. The summed E-state index contributed by atoms with van der Waals surface area (Å²) < 4.78 is 0. The molecule has 3 fully saturated rings. The van der Waals surface area contributed by atoms with Crippen LogP contribution < -0.4 is 0 Å². The van der Waals surface area contributed by atoms with Gasteiger partial charge in [-0.2, -0.15) is 0 Å². The predicted molar refractivity (Wildman–Crippen MR) is 71.2 cm³/mol. The van der Waals surface area contributed by atoms with Crippen LogP contribution in [0.4, 0.5) is 0 Å². The van der Waals surface area contributed by atoms with Crippen molar-refractivity contribution in [3.8, 4) is 0 Å². The van der Waals surface area contributed by atoms with Gasteiger partial charge in [-0.15, -0.1) is 0 Å². The van der Waals surface area contributed by atoms with Crippen LogP contribution in [-0.2, 0) is 0 Å². The molecule has 3 nitrogen and oxygen atoms in total. The monoisotopic (exact) mass is 253 g/mol. The van der Waals surface area contributed by atoms with Crippen molar-refractivity contribution in [1.29, 1.82) is 0 Å². The van der Waals surface area contributed by atoms with Crippen LogP contribution in [0.5, 0.6) is 0 Å². The lowest BCUT2D eigenvalue weighted by Crippen LogP contribution is -2.36. The Balaban J connectivity index is 1.51. The van der Waals surface area contributed by atoms with E-state index in [1.165, 1.54) is 51.7 Å². The molecule has 0 spiro atoms. The van der Waals surface area contributed by atoms with E-state index in [1.807, 2.05) is 0 Å². The van der Waals surface area contributed by atoms with Gasteiger partial charge in [0.2, 0.25) is 0 Å². The highest BCUT2D eigenvalue weighted by molar-refractivity contribution is 4.93. The van der Waals surface area contributed by atoms with Gasteiger partial charge in [-0.1, -0.05) is 6.42 Å². The Morgan fingerprint density at radius 2 is 1.33 bits per heavy atom. The zero-order valence-electron chi connectivity index (χ0n) is 11.3. The lowest BCUT2D eigenvalue weighted by atomic mass is 9.79. The Morgan fingerprint density at radius 3 is 1.89 bits per heavy atom. The number of hydrogen-bond donors (Lipinski definition) is 2. The molecule has 5 atom stereocenters. The summed E-state index contributed by atoms with van der Waals surface area (Å²) in [7, 11) is 0. The van der Waals surface area contributed by atoms with Gasteiger partial charge < -0.3 is 15.1 Å². The fraction of sp³-hybridized carbons (Fsp3) is 1.00. The van der Waals surface area contributed by atoms with Gasteiger partial charge in [0.25, 0.3) is 0 Å². The SMILES string of the molecule is O[C@@H]1C[C@H]2CC(CN3CCCCC3)C[C@H]2C[C@H]1O. The van der Waals surface area contributed by atoms with E-state index < -0.39 is 12.2 Å². The van der Waals surface area contributed by atoms with E-state index in [4.69, 9.17) is 0 Å². The molecular formula is C15H27NO2. The molecule has 2 aliphatic carbocycles. The summed E-state index contributed by atoms with van der Waals surface area (Å²) in [5.74, 6) is 2.17. The molecule has 1 unspecified atom stereocenters.